The number of carbonyl (C=O) groups excluding carboxylic acids is 2. The number of anilines is 3. The third-order valence-electron chi connectivity index (χ3n) is 4.42. The van der Waals surface area contributed by atoms with Crippen molar-refractivity contribution in [3.8, 4) is 5.75 Å². The minimum Gasteiger partial charge on any atom is -0.497 e. The first kappa shape index (κ1) is 18.6. The van der Waals surface area contributed by atoms with Gasteiger partial charge in [-0.3, -0.25) is 4.79 Å². The van der Waals surface area contributed by atoms with E-state index >= 15 is 0 Å². The van der Waals surface area contributed by atoms with E-state index in [4.69, 9.17) is 4.74 Å². The SMILES string of the molecule is COc1cccc(NC(=O)N2CCN(c3cccc(NC(C)=O)c3)CC2)c1. The van der Waals surface area contributed by atoms with Gasteiger partial charge in [-0.15, -0.1) is 0 Å². The van der Waals surface area contributed by atoms with Crippen LogP contribution in [0.5, 0.6) is 5.75 Å². The Morgan fingerprint density at radius 3 is 2.26 bits per heavy atom. The van der Waals surface area contributed by atoms with E-state index in [0.717, 1.165) is 24.5 Å². The van der Waals surface area contributed by atoms with Gasteiger partial charge in [0, 0.05) is 56.2 Å². The van der Waals surface area contributed by atoms with Gasteiger partial charge in [-0.25, -0.2) is 4.79 Å². The van der Waals surface area contributed by atoms with Gasteiger partial charge >= 0.3 is 6.03 Å². The highest BCUT2D eigenvalue weighted by molar-refractivity contribution is 5.90. The summed E-state index contributed by atoms with van der Waals surface area (Å²) in [6.45, 7) is 4.21. The molecular formula is C20H24N4O3. The standard InChI is InChI=1S/C20H24N4O3/c1-15(25)21-16-5-3-7-18(13-16)23-9-11-24(12-10-23)20(26)22-17-6-4-8-19(14-17)27-2/h3-8,13-14H,9-12H2,1-2H3,(H,21,25)(H,22,26). The fourth-order valence-corrected chi connectivity index (χ4v) is 3.05. The van der Waals surface area contributed by atoms with Gasteiger partial charge in [-0.1, -0.05) is 12.1 Å². The number of benzene rings is 2. The Balaban J connectivity index is 1.56. The molecule has 0 saturated carbocycles. The normalized spacial score (nSPS) is 13.9. The van der Waals surface area contributed by atoms with Crippen molar-refractivity contribution in [1.29, 1.82) is 0 Å². The highest BCUT2D eigenvalue weighted by atomic mass is 16.5. The lowest BCUT2D eigenvalue weighted by atomic mass is 10.2. The molecule has 1 saturated heterocycles. The first-order valence-electron chi connectivity index (χ1n) is 8.88. The zero-order valence-electron chi connectivity index (χ0n) is 15.6. The van der Waals surface area contributed by atoms with Crippen LogP contribution < -0.4 is 20.3 Å². The largest absolute Gasteiger partial charge is 0.497 e. The van der Waals surface area contributed by atoms with Crippen molar-refractivity contribution in [3.63, 3.8) is 0 Å². The van der Waals surface area contributed by atoms with Crippen LogP contribution in [0.3, 0.4) is 0 Å². The van der Waals surface area contributed by atoms with Gasteiger partial charge in [0.15, 0.2) is 0 Å². The second-order valence-corrected chi connectivity index (χ2v) is 6.37. The van der Waals surface area contributed by atoms with Crippen molar-refractivity contribution in [3.05, 3.63) is 48.5 Å². The molecule has 0 aromatic heterocycles. The Morgan fingerprint density at radius 1 is 0.926 bits per heavy atom. The van der Waals surface area contributed by atoms with Crippen LogP contribution in [-0.2, 0) is 4.79 Å². The van der Waals surface area contributed by atoms with E-state index in [1.54, 1.807) is 18.1 Å². The molecule has 2 N–H and O–H groups in total. The monoisotopic (exact) mass is 368 g/mol. The van der Waals surface area contributed by atoms with Gasteiger partial charge in [0.05, 0.1) is 7.11 Å². The van der Waals surface area contributed by atoms with Crippen molar-refractivity contribution in [1.82, 2.24) is 4.90 Å². The maximum absolute atomic E-state index is 12.5. The predicted molar refractivity (Wildman–Crippen MR) is 107 cm³/mol. The molecule has 1 fully saturated rings. The van der Waals surface area contributed by atoms with Gasteiger partial charge in [0.1, 0.15) is 5.75 Å². The summed E-state index contributed by atoms with van der Waals surface area (Å²) in [5, 5.41) is 5.71. The zero-order chi connectivity index (χ0) is 19.2. The number of ether oxygens (including phenoxy) is 1. The first-order valence-corrected chi connectivity index (χ1v) is 8.88. The Bertz CT molecular complexity index is 816. The lowest BCUT2D eigenvalue weighted by molar-refractivity contribution is -0.114. The topological polar surface area (TPSA) is 73.9 Å². The summed E-state index contributed by atoms with van der Waals surface area (Å²) >= 11 is 0. The average Bonchev–Trinajstić information content (AvgIpc) is 2.68. The molecule has 0 atom stereocenters. The van der Waals surface area contributed by atoms with Crippen LogP contribution in [0.25, 0.3) is 0 Å². The van der Waals surface area contributed by atoms with E-state index in [2.05, 4.69) is 15.5 Å². The number of piperazine rings is 1. The quantitative estimate of drug-likeness (QED) is 0.870. The summed E-state index contributed by atoms with van der Waals surface area (Å²) in [5.41, 5.74) is 2.53. The molecule has 2 aromatic rings. The first-order chi connectivity index (χ1) is 13.0. The molecule has 3 amide bonds. The van der Waals surface area contributed by atoms with E-state index in [-0.39, 0.29) is 11.9 Å². The number of urea groups is 1. The maximum atomic E-state index is 12.5. The molecule has 0 spiro atoms. The van der Waals surface area contributed by atoms with Crippen LogP contribution in [0.1, 0.15) is 6.92 Å². The number of amides is 3. The number of hydrogen-bond donors (Lipinski definition) is 2. The predicted octanol–water partition coefficient (Wildman–Crippen LogP) is 3.01. The van der Waals surface area contributed by atoms with E-state index in [9.17, 15) is 9.59 Å². The molecule has 1 heterocycles. The summed E-state index contributed by atoms with van der Waals surface area (Å²) in [6, 6.07) is 14.9. The molecule has 0 radical (unpaired) electrons. The minimum atomic E-state index is -0.116. The molecule has 3 rings (SSSR count). The van der Waals surface area contributed by atoms with Crippen molar-refractivity contribution in [2.24, 2.45) is 0 Å². The molecule has 2 aromatic carbocycles. The van der Waals surface area contributed by atoms with E-state index in [1.165, 1.54) is 6.92 Å². The van der Waals surface area contributed by atoms with Gasteiger partial charge in [0.25, 0.3) is 0 Å². The number of rotatable bonds is 4. The highest BCUT2D eigenvalue weighted by Gasteiger charge is 2.21. The molecule has 27 heavy (non-hydrogen) atoms. The smallest absolute Gasteiger partial charge is 0.321 e. The minimum absolute atomic E-state index is 0.0915. The van der Waals surface area contributed by atoms with Crippen molar-refractivity contribution >= 4 is 29.0 Å². The molecular weight excluding hydrogens is 344 g/mol. The van der Waals surface area contributed by atoms with Crippen molar-refractivity contribution < 1.29 is 14.3 Å². The Morgan fingerprint density at radius 2 is 1.59 bits per heavy atom. The molecule has 0 aliphatic carbocycles. The molecule has 142 valence electrons. The molecule has 1 aliphatic heterocycles. The third kappa shape index (κ3) is 4.91. The molecule has 7 nitrogen and oxygen atoms in total. The number of carbonyl (C=O) groups is 2. The number of nitrogens with zero attached hydrogens (tertiary/aromatic N) is 2. The summed E-state index contributed by atoms with van der Waals surface area (Å²) in [5.74, 6) is 0.614. The molecule has 0 bridgehead atoms. The lowest BCUT2D eigenvalue weighted by Crippen LogP contribution is -2.50. The molecule has 1 aliphatic rings. The Kier molecular flexibility index (Phi) is 5.80. The maximum Gasteiger partial charge on any atom is 0.321 e. The van der Waals surface area contributed by atoms with E-state index in [0.29, 0.717) is 24.5 Å². The van der Waals surface area contributed by atoms with Gasteiger partial charge in [-0.2, -0.15) is 0 Å². The van der Waals surface area contributed by atoms with Crippen LogP contribution in [-0.4, -0.2) is 50.1 Å². The molecule has 0 unspecified atom stereocenters. The number of hydrogen-bond acceptors (Lipinski definition) is 4. The van der Waals surface area contributed by atoms with Crippen LogP contribution in [0, 0.1) is 0 Å². The third-order valence-corrected chi connectivity index (χ3v) is 4.42. The van der Waals surface area contributed by atoms with Crippen LogP contribution in [0.15, 0.2) is 48.5 Å². The fraction of sp³-hybridized carbons (Fsp3) is 0.300. The van der Waals surface area contributed by atoms with Gasteiger partial charge < -0.3 is 25.2 Å². The fourth-order valence-electron chi connectivity index (χ4n) is 3.05. The molecule has 7 heteroatoms. The van der Waals surface area contributed by atoms with Crippen LogP contribution in [0.4, 0.5) is 21.9 Å². The summed E-state index contributed by atoms with van der Waals surface area (Å²) in [4.78, 5) is 27.7. The number of methoxy groups -OCH3 is 1. The Hall–Kier alpha value is -3.22. The second kappa shape index (κ2) is 8.44. The van der Waals surface area contributed by atoms with Crippen molar-refractivity contribution in [2.75, 3.05) is 48.8 Å². The van der Waals surface area contributed by atoms with Gasteiger partial charge in [-0.05, 0) is 30.3 Å². The van der Waals surface area contributed by atoms with E-state index in [1.807, 2.05) is 42.5 Å². The number of nitrogens with one attached hydrogen (secondary N) is 2. The van der Waals surface area contributed by atoms with Crippen LogP contribution >= 0.6 is 0 Å². The lowest BCUT2D eigenvalue weighted by Gasteiger charge is -2.36. The Labute approximate surface area is 158 Å². The average molecular weight is 368 g/mol. The summed E-state index contributed by atoms with van der Waals surface area (Å²) in [6.07, 6.45) is 0. The van der Waals surface area contributed by atoms with Crippen LogP contribution in [0.2, 0.25) is 0 Å². The summed E-state index contributed by atoms with van der Waals surface area (Å²) in [7, 11) is 1.60. The van der Waals surface area contributed by atoms with E-state index < -0.39 is 0 Å². The highest BCUT2D eigenvalue weighted by Crippen LogP contribution is 2.22. The van der Waals surface area contributed by atoms with Gasteiger partial charge in [0.2, 0.25) is 5.91 Å². The summed E-state index contributed by atoms with van der Waals surface area (Å²) < 4.78 is 5.18. The second-order valence-electron chi connectivity index (χ2n) is 6.37. The van der Waals surface area contributed by atoms with Crippen molar-refractivity contribution in [2.45, 2.75) is 6.92 Å². The zero-order valence-corrected chi connectivity index (χ0v) is 15.6.